The molecule has 2 N–H and O–H groups in total. The highest BCUT2D eigenvalue weighted by Gasteiger charge is 2.08. The summed E-state index contributed by atoms with van der Waals surface area (Å²) in [5.41, 5.74) is 4.00. The molecule has 26 heavy (non-hydrogen) atoms. The third-order valence-corrected chi connectivity index (χ3v) is 4.05. The summed E-state index contributed by atoms with van der Waals surface area (Å²) in [4.78, 5) is 16.4. The van der Waals surface area contributed by atoms with E-state index < -0.39 is 0 Å². The van der Waals surface area contributed by atoms with E-state index in [1.807, 2.05) is 60.7 Å². The Morgan fingerprint density at radius 3 is 2.69 bits per heavy atom. The van der Waals surface area contributed by atoms with Crippen LogP contribution in [0, 0.1) is 0 Å². The highest BCUT2D eigenvalue weighted by Crippen LogP contribution is 2.21. The largest absolute Gasteiger partial charge is 0.321 e. The SMILES string of the molecule is O=C(Nc1ccccc1/C=C/c1n[nH]c2ccccc12)c1cccnc1. The van der Waals surface area contributed by atoms with E-state index in [4.69, 9.17) is 0 Å². The van der Waals surface area contributed by atoms with Crippen LogP contribution in [0.5, 0.6) is 0 Å². The van der Waals surface area contributed by atoms with Gasteiger partial charge in [0.2, 0.25) is 0 Å². The van der Waals surface area contributed by atoms with Crippen molar-refractivity contribution in [3.63, 3.8) is 0 Å². The first-order valence-corrected chi connectivity index (χ1v) is 8.23. The van der Waals surface area contributed by atoms with Crippen molar-refractivity contribution in [2.75, 3.05) is 5.32 Å². The van der Waals surface area contributed by atoms with Gasteiger partial charge in [0.1, 0.15) is 0 Å². The molecule has 0 fully saturated rings. The monoisotopic (exact) mass is 340 g/mol. The van der Waals surface area contributed by atoms with Crippen LogP contribution in [0.15, 0.2) is 73.1 Å². The molecule has 126 valence electrons. The number of fused-ring (bicyclic) bond motifs is 1. The molecular weight excluding hydrogens is 324 g/mol. The average Bonchev–Trinajstić information content (AvgIpc) is 3.11. The molecule has 0 unspecified atom stereocenters. The van der Waals surface area contributed by atoms with Gasteiger partial charge in [0.05, 0.1) is 16.8 Å². The molecule has 1 amide bonds. The normalized spacial score (nSPS) is 11.1. The van der Waals surface area contributed by atoms with Gasteiger partial charge in [0.25, 0.3) is 5.91 Å². The van der Waals surface area contributed by atoms with Crippen molar-refractivity contribution < 1.29 is 4.79 Å². The maximum atomic E-state index is 12.4. The van der Waals surface area contributed by atoms with Crippen molar-refractivity contribution in [1.29, 1.82) is 0 Å². The number of benzene rings is 2. The number of anilines is 1. The van der Waals surface area contributed by atoms with E-state index in [1.54, 1.807) is 24.5 Å². The van der Waals surface area contributed by atoms with Gasteiger partial charge < -0.3 is 5.32 Å². The van der Waals surface area contributed by atoms with Crippen molar-refractivity contribution in [1.82, 2.24) is 15.2 Å². The Kier molecular flexibility index (Phi) is 4.26. The lowest BCUT2D eigenvalue weighted by molar-refractivity contribution is 0.102. The van der Waals surface area contributed by atoms with Crippen LogP contribution >= 0.6 is 0 Å². The second kappa shape index (κ2) is 7.03. The number of rotatable bonds is 4. The van der Waals surface area contributed by atoms with Crippen LogP contribution < -0.4 is 5.32 Å². The van der Waals surface area contributed by atoms with E-state index in [0.717, 1.165) is 27.8 Å². The van der Waals surface area contributed by atoms with Crippen LogP contribution in [0.2, 0.25) is 0 Å². The second-order valence-electron chi connectivity index (χ2n) is 5.77. The third kappa shape index (κ3) is 3.23. The molecular formula is C21H16N4O. The van der Waals surface area contributed by atoms with Crippen LogP contribution in [0.1, 0.15) is 21.6 Å². The predicted octanol–water partition coefficient (Wildman–Crippen LogP) is 4.38. The number of pyridine rings is 1. The zero-order valence-corrected chi connectivity index (χ0v) is 13.9. The molecule has 2 heterocycles. The number of hydrogen-bond donors (Lipinski definition) is 2. The van der Waals surface area contributed by atoms with E-state index in [1.165, 1.54) is 0 Å². The zero-order valence-electron chi connectivity index (χ0n) is 13.9. The van der Waals surface area contributed by atoms with Crippen molar-refractivity contribution in [2.45, 2.75) is 0 Å². The maximum absolute atomic E-state index is 12.4. The number of hydrogen-bond acceptors (Lipinski definition) is 3. The molecule has 4 rings (SSSR count). The molecule has 5 nitrogen and oxygen atoms in total. The molecule has 2 aromatic carbocycles. The number of amides is 1. The Bertz CT molecular complexity index is 1080. The van der Waals surface area contributed by atoms with Crippen LogP contribution in [-0.4, -0.2) is 21.1 Å². The lowest BCUT2D eigenvalue weighted by Crippen LogP contribution is -2.12. The summed E-state index contributed by atoms with van der Waals surface area (Å²) in [6.07, 6.45) is 7.07. The minimum absolute atomic E-state index is 0.191. The molecule has 0 saturated carbocycles. The molecule has 0 atom stereocenters. The Labute approximate surface area is 150 Å². The first kappa shape index (κ1) is 15.8. The lowest BCUT2D eigenvalue weighted by Gasteiger charge is -2.08. The van der Waals surface area contributed by atoms with Gasteiger partial charge >= 0.3 is 0 Å². The first-order chi connectivity index (χ1) is 12.8. The van der Waals surface area contributed by atoms with Crippen molar-refractivity contribution in [3.8, 4) is 0 Å². The van der Waals surface area contributed by atoms with E-state index in [-0.39, 0.29) is 5.91 Å². The average molecular weight is 340 g/mol. The minimum Gasteiger partial charge on any atom is -0.321 e. The molecule has 4 aromatic rings. The van der Waals surface area contributed by atoms with Gasteiger partial charge in [0, 0.05) is 23.5 Å². The van der Waals surface area contributed by atoms with Gasteiger partial charge in [-0.3, -0.25) is 14.9 Å². The van der Waals surface area contributed by atoms with Gasteiger partial charge in [-0.25, -0.2) is 0 Å². The molecule has 0 spiro atoms. The number of aromatic nitrogens is 3. The van der Waals surface area contributed by atoms with Gasteiger partial charge in [-0.1, -0.05) is 42.5 Å². The van der Waals surface area contributed by atoms with E-state index in [2.05, 4.69) is 20.5 Å². The summed E-state index contributed by atoms with van der Waals surface area (Å²) in [5.74, 6) is -0.191. The fraction of sp³-hybridized carbons (Fsp3) is 0. The third-order valence-electron chi connectivity index (χ3n) is 4.05. The highest BCUT2D eigenvalue weighted by atomic mass is 16.1. The number of aromatic amines is 1. The van der Waals surface area contributed by atoms with Gasteiger partial charge in [-0.15, -0.1) is 0 Å². The summed E-state index contributed by atoms with van der Waals surface area (Å²) >= 11 is 0. The smallest absolute Gasteiger partial charge is 0.257 e. The summed E-state index contributed by atoms with van der Waals surface area (Å²) in [7, 11) is 0. The van der Waals surface area contributed by atoms with Crippen LogP contribution in [-0.2, 0) is 0 Å². The second-order valence-corrected chi connectivity index (χ2v) is 5.77. The van der Waals surface area contributed by atoms with Crippen molar-refractivity contribution >= 4 is 34.6 Å². The quantitative estimate of drug-likeness (QED) is 0.579. The molecule has 0 aliphatic rings. The van der Waals surface area contributed by atoms with E-state index >= 15 is 0 Å². The van der Waals surface area contributed by atoms with E-state index in [0.29, 0.717) is 5.56 Å². The summed E-state index contributed by atoms with van der Waals surface area (Å²) < 4.78 is 0. The van der Waals surface area contributed by atoms with Crippen LogP contribution in [0.3, 0.4) is 0 Å². The Morgan fingerprint density at radius 2 is 1.81 bits per heavy atom. The molecule has 5 heteroatoms. The number of nitrogens with one attached hydrogen (secondary N) is 2. The standard InChI is InChI=1S/C21H16N4O/c26-21(16-7-5-13-22-14-16)23-18-9-3-1-6-15(18)11-12-20-17-8-2-4-10-19(17)24-25-20/h1-14H,(H,23,26)(H,24,25)/b12-11+. The maximum Gasteiger partial charge on any atom is 0.257 e. The van der Waals surface area contributed by atoms with Crippen LogP contribution in [0.25, 0.3) is 23.1 Å². The molecule has 0 bridgehead atoms. The number of H-pyrrole nitrogens is 1. The molecule has 2 aromatic heterocycles. The number of carbonyl (C=O) groups excluding carboxylic acids is 1. The van der Waals surface area contributed by atoms with Crippen LogP contribution in [0.4, 0.5) is 5.69 Å². The number of nitrogens with zero attached hydrogens (tertiary/aromatic N) is 2. The minimum atomic E-state index is -0.191. The van der Waals surface area contributed by atoms with Crippen molar-refractivity contribution in [3.05, 3.63) is 89.9 Å². The Hall–Kier alpha value is -3.73. The summed E-state index contributed by atoms with van der Waals surface area (Å²) in [5, 5.41) is 11.3. The fourth-order valence-corrected chi connectivity index (χ4v) is 2.73. The molecule has 0 aliphatic heterocycles. The number of para-hydroxylation sites is 2. The lowest BCUT2D eigenvalue weighted by atomic mass is 10.1. The summed E-state index contributed by atoms with van der Waals surface area (Å²) in [6, 6.07) is 19.1. The van der Waals surface area contributed by atoms with Gasteiger partial charge in [0.15, 0.2) is 0 Å². The van der Waals surface area contributed by atoms with Gasteiger partial charge in [-0.2, -0.15) is 5.10 Å². The molecule has 0 saturated heterocycles. The van der Waals surface area contributed by atoms with Gasteiger partial charge in [-0.05, 0) is 35.9 Å². The van der Waals surface area contributed by atoms with E-state index in [9.17, 15) is 4.79 Å². The molecule has 0 aliphatic carbocycles. The zero-order chi connectivity index (χ0) is 17.8. The Morgan fingerprint density at radius 1 is 0.962 bits per heavy atom. The summed E-state index contributed by atoms with van der Waals surface area (Å²) in [6.45, 7) is 0. The first-order valence-electron chi connectivity index (χ1n) is 8.23. The number of carbonyl (C=O) groups is 1. The predicted molar refractivity (Wildman–Crippen MR) is 104 cm³/mol. The fourth-order valence-electron chi connectivity index (χ4n) is 2.73. The topological polar surface area (TPSA) is 70.7 Å². The highest BCUT2D eigenvalue weighted by molar-refractivity contribution is 6.05. The van der Waals surface area contributed by atoms with Crippen molar-refractivity contribution in [2.24, 2.45) is 0 Å². The Balaban J connectivity index is 1.61. The molecule has 0 radical (unpaired) electrons.